The Morgan fingerprint density at radius 3 is 2.80 bits per heavy atom. The average Bonchev–Trinajstić information content (AvgIpc) is 3.35. The zero-order valence-electron chi connectivity index (χ0n) is 11.7. The van der Waals surface area contributed by atoms with E-state index in [0.717, 1.165) is 29.6 Å². The molecule has 3 nitrogen and oxygen atoms in total. The Morgan fingerprint density at radius 1 is 1.40 bits per heavy atom. The first kappa shape index (κ1) is 12.5. The van der Waals surface area contributed by atoms with Crippen LogP contribution in [-0.2, 0) is 12.4 Å². The fourth-order valence-corrected chi connectivity index (χ4v) is 3.64. The number of nitrogens with zero attached hydrogens (tertiary/aromatic N) is 2. The van der Waals surface area contributed by atoms with Gasteiger partial charge in [-0.3, -0.25) is 0 Å². The predicted octanol–water partition coefficient (Wildman–Crippen LogP) is 3.97. The van der Waals surface area contributed by atoms with Crippen LogP contribution in [0.3, 0.4) is 0 Å². The fourth-order valence-electron chi connectivity index (χ4n) is 3.43. The number of imidazole rings is 1. The second kappa shape index (κ2) is 4.39. The molecule has 0 unspecified atom stereocenters. The molecule has 2 aliphatic rings. The Hall–Kier alpha value is -1.22. The third kappa shape index (κ3) is 1.91. The summed E-state index contributed by atoms with van der Waals surface area (Å²) in [6, 6.07) is 6.12. The number of aromatic nitrogens is 2. The number of fused-ring (bicyclic) bond motifs is 1. The quantitative estimate of drug-likeness (QED) is 0.779. The van der Waals surface area contributed by atoms with Crippen molar-refractivity contribution in [1.82, 2.24) is 9.55 Å². The van der Waals surface area contributed by atoms with Crippen LogP contribution in [0, 0.1) is 11.3 Å². The van der Waals surface area contributed by atoms with Gasteiger partial charge < -0.3 is 9.30 Å². The second-order valence-electron chi connectivity index (χ2n) is 6.24. The van der Waals surface area contributed by atoms with Crippen molar-refractivity contribution < 1.29 is 4.74 Å². The Balaban J connectivity index is 1.76. The number of methoxy groups -OCH3 is 1. The number of halogens is 1. The molecule has 20 heavy (non-hydrogen) atoms. The van der Waals surface area contributed by atoms with Gasteiger partial charge in [0.15, 0.2) is 0 Å². The third-order valence-corrected chi connectivity index (χ3v) is 5.20. The Morgan fingerprint density at radius 2 is 2.20 bits per heavy atom. The van der Waals surface area contributed by atoms with E-state index >= 15 is 0 Å². The van der Waals surface area contributed by atoms with Crippen molar-refractivity contribution in [1.29, 1.82) is 0 Å². The minimum Gasteiger partial charge on any atom is -0.497 e. The molecule has 0 N–H and O–H groups in total. The second-order valence-corrected chi connectivity index (χ2v) is 6.51. The SMILES string of the molecule is COc1ccc2c(c1)nc(CCl)n2CC1(C2CC2)CC1. The molecule has 4 heteroatoms. The molecule has 0 amide bonds. The maximum absolute atomic E-state index is 6.11. The van der Waals surface area contributed by atoms with Gasteiger partial charge in [0.25, 0.3) is 0 Å². The summed E-state index contributed by atoms with van der Waals surface area (Å²) in [5, 5.41) is 0. The van der Waals surface area contributed by atoms with Gasteiger partial charge in [0, 0.05) is 12.6 Å². The number of benzene rings is 1. The average molecular weight is 291 g/mol. The van der Waals surface area contributed by atoms with Crippen LogP contribution in [0.1, 0.15) is 31.5 Å². The van der Waals surface area contributed by atoms with Crippen LogP contribution in [0.5, 0.6) is 5.75 Å². The molecule has 0 saturated heterocycles. The lowest BCUT2D eigenvalue weighted by Crippen LogP contribution is -2.15. The molecule has 0 aliphatic heterocycles. The van der Waals surface area contributed by atoms with E-state index in [1.54, 1.807) is 7.11 Å². The van der Waals surface area contributed by atoms with Crippen molar-refractivity contribution in [3.8, 4) is 5.75 Å². The summed E-state index contributed by atoms with van der Waals surface area (Å²) in [6.07, 6.45) is 5.57. The zero-order valence-corrected chi connectivity index (χ0v) is 12.5. The van der Waals surface area contributed by atoms with E-state index in [-0.39, 0.29) is 0 Å². The topological polar surface area (TPSA) is 27.1 Å². The van der Waals surface area contributed by atoms with Crippen molar-refractivity contribution in [3.05, 3.63) is 24.0 Å². The molecular weight excluding hydrogens is 272 g/mol. The van der Waals surface area contributed by atoms with Crippen molar-refractivity contribution in [3.63, 3.8) is 0 Å². The van der Waals surface area contributed by atoms with E-state index in [9.17, 15) is 0 Å². The van der Waals surface area contributed by atoms with Crippen molar-refractivity contribution >= 4 is 22.6 Å². The lowest BCUT2D eigenvalue weighted by atomic mass is 10.0. The summed E-state index contributed by atoms with van der Waals surface area (Å²) in [5.41, 5.74) is 2.73. The van der Waals surface area contributed by atoms with Crippen molar-refractivity contribution in [2.24, 2.45) is 11.3 Å². The van der Waals surface area contributed by atoms with Crippen LogP contribution in [0.2, 0.25) is 0 Å². The maximum atomic E-state index is 6.11. The third-order valence-electron chi connectivity index (χ3n) is 4.96. The van der Waals surface area contributed by atoms with E-state index in [4.69, 9.17) is 16.3 Å². The van der Waals surface area contributed by atoms with Gasteiger partial charge in [-0.1, -0.05) is 0 Å². The molecular formula is C16H19ClN2O. The van der Waals surface area contributed by atoms with Gasteiger partial charge >= 0.3 is 0 Å². The molecule has 4 rings (SSSR count). The van der Waals surface area contributed by atoms with Gasteiger partial charge in [0.05, 0.1) is 24.0 Å². The summed E-state index contributed by atoms with van der Waals surface area (Å²) < 4.78 is 7.62. The highest BCUT2D eigenvalue weighted by molar-refractivity contribution is 6.16. The van der Waals surface area contributed by atoms with E-state index in [0.29, 0.717) is 11.3 Å². The lowest BCUT2D eigenvalue weighted by molar-refractivity contribution is 0.371. The van der Waals surface area contributed by atoms with Crippen LogP contribution >= 0.6 is 11.6 Å². The molecule has 2 fully saturated rings. The number of hydrogen-bond donors (Lipinski definition) is 0. The van der Waals surface area contributed by atoms with Gasteiger partial charge in [0.1, 0.15) is 11.6 Å². The van der Waals surface area contributed by atoms with Crippen molar-refractivity contribution in [2.45, 2.75) is 38.1 Å². The monoisotopic (exact) mass is 290 g/mol. The number of rotatable bonds is 5. The summed E-state index contributed by atoms with van der Waals surface area (Å²) >= 11 is 6.11. The molecule has 0 bridgehead atoms. The fraction of sp³-hybridized carbons (Fsp3) is 0.562. The predicted molar refractivity (Wildman–Crippen MR) is 80.2 cm³/mol. The van der Waals surface area contributed by atoms with E-state index in [2.05, 4.69) is 15.6 Å². The zero-order chi connectivity index (χ0) is 13.7. The molecule has 1 heterocycles. The highest BCUT2D eigenvalue weighted by Gasteiger charge is 2.54. The molecule has 106 valence electrons. The number of ether oxygens (including phenoxy) is 1. The maximum Gasteiger partial charge on any atom is 0.124 e. The largest absolute Gasteiger partial charge is 0.497 e. The van der Waals surface area contributed by atoms with Gasteiger partial charge in [0.2, 0.25) is 0 Å². The van der Waals surface area contributed by atoms with E-state index in [1.807, 2.05) is 12.1 Å². The van der Waals surface area contributed by atoms with Crippen LogP contribution in [0.25, 0.3) is 11.0 Å². The highest BCUT2D eigenvalue weighted by atomic mass is 35.5. The molecule has 0 radical (unpaired) electrons. The number of alkyl halides is 1. The van der Waals surface area contributed by atoms with Gasteiger partial charge in [-0.25, -0.2) is 4.98 Å². The van der Waals surface area contributed by atoms with Crippen LogP contribution < -0.4 is 4.74 Å². The van der Waals surface area contributed by atoms with Crippen LogP contribution in [0.15, 0.2) is 18.2 Å². The molecule has 2 aromatic rings. The van der Waals surface area contributed by atoms with Gasteiger partial charge in [-0.05, 0) is 49.1 Å². The summed E-state index contributed by atoms with van der Waals surface area (Å²) in [5.74, 6) is 3.26. The first-order chi connectivity index (χ1) is 9.75. The minimum absolute atomic E-state index is 0.470. The Bertz CT molecular complexity index is 656. The highest BCUT2D eigenvalue weighted by Crippen LogP contribution is 2.62. The van der Waals surface area contributed by atoms with E-state index < -0.39 is 0 Å². The first-order valence-electron chi connectivity index (χ1n) is 7.35. The summed E-state index contributed by atoms with van der Waals surface area (Å²) in [6.45, 7) is 1.09. The first-order valence-corrected chi connectivity index (χ1v) is 7.88. The standard InChI is InChI=1S/C16H19ClN2O/c1-20-12-4-5-14-13(8-12)18-15(9-17)19(14)10-16(6-7-16)11-2-3-11/h4-5,8,11H,2-3,6-7,9-10H2,1H3. The molecule has 2 aliphatic carbocycles. The molecule has 0 spiro atoms. The molecule has 1 aromatic heterocycles. The number of hydrogen-bond acceptors (Lipinski definition) is 2. The van der Waals surface area contributed by atoms with Gasteiger partial charge in [-0.2, -0.15) is 0 Å². The van der Waals surface area contributed by atoms with Gasteiger partial charge in [-0.15, -0.1) is 11.6 Å². The summed E-state index contributed by atoms with van der Waals surface area (Å²) in [7, 11) is 1.69. The smallest absolute Gasteiger partial charge is 0.124 e. The minimum atomic E-state index is 0.470. The van der Waals surface area contributed by atoms with Crippen LogP contribution in [-0.4, -0.2) is 16.7 Å². The Labute approximate surface area is 123 Å². The summed E-state index contributed by atoms with van der Waals surface area (Å²) in [4.78, 5) is 4.68. The Kier molecular flexibility index (Phi) is 2.75. The normalized spacial score (nSPS) is 20.3. The molecule has 0 atom stereocenters. The molecule has 1 aromatic carbocycles. The van der Waals surface area contributed by atoms with E-state index in [1.165, 1.54) is 31.2 Å². The lowest BCUT2D eigenvalue weighted by Gasteiger charge is -2.17. The van der Waals surface area contributed by atoms with Crippen LogP contribution in [0.4, 0.5) is 0 Å². The van der Waals surface area contributed by atoms with Crippen molar-refractivity contribution in [2.75, 3.05) is 7.11 Å². The molecule has 2 saturated carbocycles.